The minimum Gasteiger partial charge on any atom is -0.0267 e. The van der Waals surface area contributed by atoms with Crippen molar-refractivity contribution in [2.45, 2.75) is 19.3 Å². The summed E-state index contributed by atoms with van der Waals surface area (Å²) in [6, 6.07) is 0. The molecule has 42 valence electrons. The molecule has 8 heavy (non-hydrogen) atoms. The van der Waals surface area contributed by atoms with E-state index in [-0.39, 0.29) is 0 Å². The highest BCUT2D eigenvalue weighted by molar-refractivity contribution is 5.10. The number of hydrogen-bond donors (Lipinski definition) is 0. The van der Waals surface area contributed by atoms with Gasteiger partial charge in [0.25, 0.3) is 0 Å². The third-order valence-electron chi connectivity index (χ3n) is 2.28. The first-order chi connectivity index (χ1) is 3.95. The third kappa shape index (κ3) is 0.559. The van der Waals surface area contributed by atoms with Crippen LogP contribution >= 0.6 is 0 Å². The maximum absolute atomic E-state index is 2.35. The van der Waals surface area contributed by atoms with E-state index in [1.807, 2.05) is 0 Å². The largest absolute Gasteiger partial charge is 0.0899 e. The second kappa shape index (κ2) is 1.54. The van der Waals surface area contributed by atoms with Gasteiger partial charge >= 0.3 is 0 Å². The Bertz CT molecular complexity index is 113. The maximum Gasteiger partial charge on any atom is 0.0899 e. The fourth-order valence-corrected chi connectivity index (χ4v) is 1.78. The molecule has 2 unspecified atom stereocenters. The molecule has 0 radical (unpaired) electrons. The zero-order valence-corrected chi connectivity index (χ0v) is 5.01. The van der Waals surface area contributed by atoms with Gasteiger partial charge in [0.15, 0.2) is 0 Å². The highest BCUT2D eigenvalue weighted by Gasteiger charge is 2.30. The van der Waals surface area contributed by atoms with Gasteiger partial charge in [0.1, 0.15) is 0 Å². The lowest BCUT2D eigenvalue weighted by Crippen LogP contribution is -1.98. The van der Waals surface area contributed by atoms with Gasteiger partial charge in [-0.05, 0) is 19.3 Å². The normalized spacial score (nSPS) is 42.0. The molecule has 2 rings (SSSR count). The Morgan fingerprint density at radius 1 is 1.38 bits per heavy atom. The van der Waals surface area contributed by atoms with Crippen molar-refractivity contribution < 1.29 is 0 Å². The number of fused-ring (bicyclic) bond motifs is 2. The van der Waals surface area contributed by atoms with Crippen LogP contribution < -0.4 is 0 Å². The van der Waals surface area contributed by atoms with Gasteiger partial charge in [-0.2, -0.15) is 0 Å². The second-order valence-corrected chi connectivity index (χ2v) is 2.91. The Labute approximate surface area is 50.6 Å². The lowest BCUT2D eigenvalue weighted by atomic mass is 9.96. The fraction of sp³-hybridized carbons (Fsp3) is 0.625. The Balaban J connectivity index is 2.17. The Morgan fingerprint density at radius 2 is 2.38 bits per heavy atom. The monoisotopic (exact) mass is 107 g/mol. The average Bonchev–Trinajstić information content (AvgIpc) is 2.12. The van der Waals surface area contributed by atoms with E-state index < -0.39 is 0 Å². The van der Waals surface area contributed by atoms with Crippen LogP contribution in [-0.2, 0) is 0 Å². The summed E-state index contributed by atoms with van der Waals surface area (Å²) >= 11 is 0. The molecule has 0 nitrogen and oxygen atoms in total. The van der Waals surface area contributed by atoms with Crippen molar-refractivity contribution in [3.8, 4) is 0 Å². The van der Waals surface area contributed by atoms with Gasteiger partial charge in [0.2, 0.25) is 0 Å². The highest BCUT2D eigenvalue weighted by atomic mass is 14.3. The van der Waals surface area contributed by atoms with Crippen molar-refractivity contribution in [3.05, 3.63) is 18.6 Å². The summed E-state index contributed by atoms with van der Waals surface area (Å²) in [4.78, 5) is 0. The molecular weight excluding hydrogens is 96.1 g/mol. The van der Waals surface area contributed by atoms with Crippen molar-refractivity contribution in [2.75, 3.05) is 0 Å². The first kappa shape index (κ1) is 4.49. The summed E-state index contributed by atoms with van der Waals surface area (Å²) in [5.41, 5.74) is 0. The zero-order chi connectivity index (χ0) is 5.40. The summed E-state index contributed by atoms with van der Waals surface area (Å²) in [5.74, 6) is 1.90. The standard InChI is InChI=1S/C8H11/c1-2-7-4-5-8(3-1)6-7/h1-3,7-8H,4-6H2/q+1. The second-order valence-electron chi connectivity index (χ2n) is 2.91. The molecule has 0 heteroatoms. The van der Waals surface area contributed by atoms with Gasteiger partial charge in [-0.1, -0.05) is 0 Å². The minimum absolute atomic E-state index is 0.949. The van der Waals surface area contributed by atoms with Crippen LogP contribution in [0.15, 0.2) is 12.2 Å². The van der Waals surface area contributed by atoms with Gasteiger partial charge in [-0.25, -0.2) is 0 Å². The molecule has 0 aromatic rings. The predicted molar refractivity (Wildman–Crippen MR) is 34.3 cm³/mol. The Morgan fingerprint density at radius 3 is 3.12 bits per heavy atom. The molecular formula is C8H11+. The molecule has 1 saturated carbocycles. The predicted octanol–water partition coefficient (Wildman–Crippen LogP) is 2.18. The van der Waals surface area contributed by atoms with Crippen molar-refractivity contribution in [1.29, 1.82) is 0 Å². The van der Waals surface area contributed by atoms with E-state index in [2.05, 4.69) is 18.6 Å². The summed E-state index contributed by atoms with van der Waals surface area (Å²) in [6.45, 7) is 0. The van der Waals surface area contributed by atoms with E-state index in [4.69, 9.17) is 0 Å². The van der Waals surface area contributed by atoms with E-state index >= 15 is 0 Å². The van der Waals surface area contributed by atoms with Gasteiger partial charge in [-0.3, -0.25) is 0 Å². The smallest absolute Gasteiger partial charge is 0.0267 e. The van der Waals surface area contributed by atoms with Crippen molar-refractivity contribution in [3.63, 3.8) is 0 Å². The molecule has 0 aromatic carbocycles. The molecule has 0 amide bonds. The van der Waals surface area contributed by atoms with Crippen LogP contribution in [0.25, 0.3) is 0 Å². The van der Waals surface area contributed by atoms with Crippen LogP contribution in [0.1, 0.15) is 19.3 Å². The third-order valence-corrected chi connectivity index (χ3v) is 2.28. The van der Waals surface area contributed by atoms with Gasteiger partial charge < -0.3 is 0 Å². The van der Waals surface area contributed by atoms with Gasteiger partial charge in [0.05, 0.1) is 6.08 Å². The fourth-order valence-electron chi connectivity index (χ4n) is 1.78. The van der Waals surface area contributed by atoms with Crippen LogP contribution in [0.3, 0.4) is 0 Å². The molecule has 0 aromatic heterocycles. The maximum atomic E-state index is 2.35. The van der Waals surface area contributed by atoms with Crippen LogP contribution in [0, 0.1) is 18.3 Å². The average molecular weight is 107 g/mol. The molecule has 2 atom stereocenters. The van der Waals surface area contributed by atoms with Gasteiger partial charge in [0, 0.05) is 24.3 Å². The molecule has 0 spiro atoms. The summed E-state index contributed by atoms with van der Waals surface area (Å²) in [5, 5.41) is 0. The zero-order valence-electron chi connectivity index (χ0n) is 5.01. The molecule has 0 N–H and O–H groups in total. The molecule has 0 heterocycles. The van der Waals surface area contributed by atoms with Crippen LogP contribution in [0.5, 0.6) is 0 Å². The van der Waals surface area contributed by atoms with E-state index in [0.29, 0.717) is 0 Å². The lowest BCUT2D eigenvalue weighted by molar-refractivity contribution is 0.597. The molecule has 0 saturated heterocycles. The summed E-state index contributed by atoms with van der Waals surface area (Å²) in [6.07, 6.45) is 11.3. The minimum atomic E-state index is 0.949. The number of rotatable bonds is 0. The van der Waals surface area contributed by atoms with E-state index in [1.165, 1.54) is 19.3 Å². The van der Waals surface area contributed by atoms with E-state index in [1.54, 1.807) is 0 Å². The summed E-state index contributed by atoms with van der Waals surface area (Å²) < 4.78 is 0. The Hall–Kier alpha value is -0.390. The highest BCUT2D eigenvalue weighted by Crippen LogP contribution is 2.36. The van der Waals surface area contributed by atoms with Gasteiger partial charge in [-0.15, -0.1) is 0 Å². The SMILES string of the molecule is C1=CC2CCC([CH+]1)C2. The van der Waals surface area contributed by atoms with Crippen LogP contribution in [-0.4, -0.2) is 0 Å². The van der Waals surface area contributed by atoms with E-state index in [0.717, 1.165) is 11.8 Å². The molecule has 2 bridgehead atoms. The lowest BCUT2D eigenvalue weighted by Gasteiger charge is -2.02. The first-order valence-corrected chi connectivity index (χ1v) is 3.47. The molecule has 2 aliphatic carbocycles. The van der Waals surface area contributed by atoms with Crippen LogP contribution in [0.2, 0.25) is 0 Å². The molecule has 1 fully saturated rings. The summed E-state index contributed by atoms with van der Waals surface area (Å²) in [7, 11) is 0. The number of hydrogen-bond acceptors (Lipinski definition) is 0. The van der Waals surface area contributed by atoms with E-state index in [9.17, 15) is 0 Å². The Kier molecular flexibility index (Phi) is 0.865. The van der Waals surface area contributed by atoms with Crippen molar-refractivity contribution in [2.24, 2.45) is 11.8 Å². The topological polar surface area (TPSA) is 0 Å². The number of allylic oxidation sites excluding steroid dienone is 2. The molecule has 0 aliphatic heterocycles. The first-order valence-electron chi connectivity index (χ1n) is 3.47. The molecule has 2 aliphatic rings. The van der Waals surface area contributed by atoms with Crippen molar-refractivity contribution >= 4 is 0 Å². The van der Waals surface area contributed by atoms with Crippen molar-refractivity contribution in [1.82, 2.24) is 0 Å². The van der Waals surface area contributed by atoms with Crippen LogP contribution in [0.4, 0.5) is 0 Å². The quantitative estimate of drug-likeness (QED) is 0.416.